The second-order valence-corrected chi connectivity index (χ2v) is 3.88. The zero-order chi connectivity index (χ0) is 10.1. The van der Waals surface area contributed by atoms with Crippen LogP contribution in [0.25, 0.3) is 0 Å². The van der Waals surface area contributed by atoms with E-state index in [9.17, 15) is 0 Å². The van der Waals surface area contributed by atoms with E-state index >= 15 is 0 Å². The monoisotopic (exact) mass is 207 g/mol. The molecule has 3 heteroatoms. The molecule has 1 aromatic rings. The molecule has 0 radical (unpaired) electrons. The minimum Gasteiger partial charge on any atom is -0.489 e. The van der Waals surface area contributed by atoms with E-state index in [1.165, 1.54) is 0 Å². The van der Waals surface area contributed by atoms with Crippen molar-refractivity contribution in [2.45, 2.75) is 25.9 Å². The second kappa shape index (κ2) is 3.51. The van der Waals surface area contributed by atoms with Gasteiger partial charge >= 0.3 is 0 Å². The predicted octanol–water partition coefficient (Wildman–Crippen LogP) is 3.06. The summed E-state index contributed by atoms with van der Waals surface area (Å²) in [6.07, 6.45) is 2.49. The standard InChI is InChI=1S/C11H10ClNO/c1-7-9(6-13)11(5-4-10(7)12)14-8-2-3-8/h4-5,8H,2-3H2,1H3. The highest BCUT2D eigenvalue weighted by Crippen LogP contribution is 2.32. The Bertz CT molecular complexity index is 404. The molecule has 0 aromatic heterocycles. The van der Waals surface area contributed by atoms with Crippen molar-refractivity contribution in [2.75, 3.05) is 0 Å². The van der Waals surface area contributed by atoms with Gasteiger partial charge in [0.15, 0.2) is 0 Å². The van der Waals surface area contributed by atoms with Crippen LogP contribution in [0.15, 0.2) is 12.1 Å². The predicted molar refractivity (Wildman–Crippen MR) is 54.6 cm³/mol. The molecule has 0 N–H and O–H groups in total. The van der Waals surface area contributed by atoms with Crippen molar-refractivity contribution >= 4 is 11.6 Å². The first-order chi connectivity index (χ1) is 6.72. The number of hydrogen-bond acceptors (Lipinski definition) is 2. The SMILES string of the molecule is Cc1c(Cl)ccc(OC2CC2)c1C#N. The van der Waals surface area contributed by atoms with Gasteiger partial charge in [0.05, 0.1) is 11.7 Å². The van der Waals surface area contributed by atoms with Gasteiger partial charge in [0, 0.05) is 5.02 Å². The van der Waals surface area contributed by atoms with Gasteiger partial charge in [-0.05, 0) is 37.5 Å². The lowest BCUT2D eigenvalue weighted by molar-refractivity contribution is 0.302. The van der Waals surface area contributed by atoms with E-state index in [2.05, 4.69) is 6.07 Å². The van der Waals surface area contributed by atoms with Crippen LogP contribution in [0.2, 0.25) is 5.02 Å². The fourth-order valence-corrected chi connectivity index (χ4v) is 1.42. The number of rotatable bonds is 2. The zero-order valence-electron chi connectivity index (χ0n) is 7.88. The van der Waals surface area contributed by atoms with Gasteiger partial charge in [-0.25, -0.2) is 0 Å². The van der Waals surface area contributed by atoms with Crippen molar-refractivity contribution in [1.82, 2.24) is 0 Å². The number of ether oxygens (including phenoxy) is 1. The first kappa shape index (κ1) is 9.36. The number of nitrogens with zero attached hydrogens (tertiary/aromatic N) is 1. The molecule has 0 spiro atoms. The van der Waals surface area contributed by atoms with Gasteiger partial charge in [-0.15, -0.1) is 0 Å². The van der Waals surface area contributed by atoms with Crippen LogP contribution in [0.3, 0.4) is 0 Å². The molecule has 0 unspecified atom stereocenters. The van der Waals surface area contributed by atoms with Crippen LogP contribution >= 0.6 is 11.6 Å². The first-order valence-corrected chi connectivity index (χ1v) is 4.96. The minimum atomic E-state index is 0.308. The van der Waals surface area contributed by atoms with Crippen molar-refractivity contribution < 1.29 is 4.74 Å². The first-order valence-electron chi connectivity index (χ1n) is 4.58. The smallest absolute Gasteiger partial charge is 0.137 e. The molecule has 0 saturated heterocycles. The Morgan fingerprint density at radius 1 is 1.50 bits per heavy atom. The molecular weight excluding hydrogens is 198 g/mol. The fourth-order valence-electron chi connectivity index (χ4n) is 1.26. The third kappa shape index (κ3) is 1.69. The van der Waals surface area contributed by atoms with E-state index in [4.69, 9.17) is 21.6 Å². The Morgan fingerprint density at radius 3 is 2.79 bits per heavy atom. The van der Waals surface area contributed by atoms with Crippen molar-refractivity contribution in [3.8, 4) is 11.8 Å². The van der Waals surface area contributed by atoms with Gasteiger partial charge in [0.2, 0.25) is 0 Å². The lowest BCUT2D eigenvalue weighted by Crippen LogP contribution is -1.99. The summed E-state index contributed by atoms with van der Waals surface area (Å²) in [6, 6.07) is 5.67. The Hall–Kier alpha value is -1.20. The maximum absolute atomic E-state index is 8.97. The van der Waals surface area contributed by atoms with E-state index in [1.54, 1.807) is 12.1 Å². The topological polar surface area (TPSA) is 33.0 Å². The third-order valence-corrected chi connectivity index (χ3v) is 2.70. The van der Waals surface area contributed by atoms with Crippen molar-refractivity contribution in [2.24, 2.45) is 0 Å². The largest absolute Gasteiger partial charge is 0.489 e. The maximum atomic E-state index is 8.97. The molecule has 2 nitrogen and oxygen atoms in total. The van der Waals surface area contributed by atoms with E-state index in [0.717, 1.165) is 18.4 Å². The highest BCUT2D eigenvalue weighted by atomic mass is 35.5. The van der Waals surface area contributed by atoms with Crippen LogP contribution in [0.4, 0.5) is 0 Å². The summed E-state index contributed by atoms with van der Waals surface area (Å²) >= 11 is 5.91. The summed E-state index contributed by atoms with van der Waals surface area (Å²) < 4.78 is 5.60. The van der Waals surface area contributed by atoms with Crippen molar-refractivity contribution in [1.29, 1.82) is 5.26 Å². The molecule has 0 amide bonds. The van der Waals surface area contributed by atoms with Gasteiger partial charge in [0.25, 0.3) is 0 Å². The van der Waals surface area contributed by atoms with Gasteiger partial charge in [0.1, 0.15) is 11.8 Å². The summed E-state index contributed by atoms with van der Waals surface area (Å²) in [7, 11) is 0. The number of halogens is 1. The summed E-state index contributed by atoms with van der Waals surface area (Å²) in [5.41, 5.74) is 1.36. The van der Waals surface area contributed by atoms with Crippen LogP contribution in [-0.2, 0) is 0 Å². The lowest BCUT2D eigenvalue weighted by Gasteiger charge is -2.09. The number of nitriles is 1. The molecule has 1 aliphatic carbocycles. The molecule has 1 fully saturated rings. The quantitative estimate of drug-likeness (QED) is 0.747. The molecule has 14 heavy (non-hydrogen) atoms. The number of hydrogen-bond donors (Lipinski definition) is 0. The molecular formula is C11H10ClNO. The van der Waals surface area contributed by atoms with Crippen molar-refractivity contribution in [3.63, 3.8) is 0 Å². The molecule has 72 valence electrons. The normalized spacial score (nSPS) is 14.9. The Kier molecular flexibility index (Phi) is 2.35. The van der Waals surface area contributed by atoms with E-state index in [0.29, 0.717) is 22.4 Å². The number of benzene rings is 1. The Labute approximate surface area is 88.1 Å². The van der Waals surface area contributed by atoms with Gasteiger partial charge < -0.3 is 4.74 Å². The summed E-state index contributed by atoms with van der Waals surface area (Å²) in [5, 5.41) is 9.58. The maximum Gasteiger partial charge on any atom is 0.137 e. The molecule has 1 aromatic carbocycles. The van der Waals surface area contributed by atoms with Crippen LogP contribution in [0.5, 0.6) is 5.75 Å². The third-order valence-electron chi connectivity index (χ3n) is 2.29. The van der Waals surface area contributed by atoms with Crippen molar-refractivity contribution in [3.05, 3.63) is 28.3 Å². The van der Waals surface area contributed by atoms with Gasteiger partial charge in [-0.2, -0.15) is 5.26 Å². The molecule has 1 saturated carbocycles. The summed E-state index contributed by atoms with van der Waals surface area (Å²) in [6.45, 7) is 1.83. The van der Waals surface area contributed by atoms with Crippen LogP contribution in [0.1, 0.15) is 24.0 Å². The van der Waals surface area contributed by atoms with Crippen LogP contribution < -0.4 is 4.74 Å². The molecule has 0 heterocycles. The summed E-state index contributed by atoms with van der Waals surface area (Å²) in [4.78, 5) is 0. The second-order valence-electron chi connectivity index (χ2n) is 3.47. The average Bonchev–Trinajstić information content (AvgIpc) is 2.96. The fraction of sp³-hybridized carbons (Fsp3) is 0.364. The molecule has 2 rings (SSSR count). The highest BCUT2D eigenvalue weighted by Gasteiger charge is 2.25. The average molecular weight is 208 g/mol. The van der Waals surface area contributed by atoms with E-state index in [-0.39, 0.29) is 0 Å². The van der Waals surface area contributed by atoms with Gasteiger partial charge in [-0.3, -0.25) is 0 Å². The molecule has 0 atom stereocenters. The Balaban J connectivity index is 2.38. The molecule has 0 aliphatic heterocycles. The summed E-state index contributed by atoms with van der Waals surface area (Å²) in [5.74, 6) is 0.664. The zero-order valence-corrected chi connectivity index (χ0v) is 8.64. The Morgan fingerprint density at radius 2 is 2.21 bits per heavy atom. The molecule has 1 aliphatic rings. The van der Waals surface area contributed by atoms with Crippen LogP contribution in [0, 0.1) is 18.3 Å². The van der Waals surface area contributed by atoms with Crippen LogP contribution in [-0.4, -0.2) is 6.10 Å². The van der Waals surface area contributed by atoms with Gasteiger partial charge in [-0.1, -0.05) is 11.6 Å². The van der Waals surface area contributed by atoms with E-state index < -0.39 is 0 Å². The minimum absolute atomic E-state index is 0.308. The van der Waals surface area contributed by atoms with E-state index in [1.807, 2.05) is 6.92 Å². The lowest BCUT2D eigenvalue weighted by atomic mass is 10.1. The highest BCUT2D eigenvalue weighted by molar-refractivity contribution is 6.31. The molecule has 0 bridgehead atoms.